The molecule has 1 N–H and O–H groups in total. The smallest absolute Gasteiger partial charge is 0.417 e. The monoisotopic (exact) mass is 871 g/mol. The highest BCUT2D eigenvalue weighted by Gasteiger charge is 2.37. The van der Waals surface area contributed by atoms with Gasteiger partial charge in [0.2, 0.25) is 0 Å². The van der Waals surface area contributed by atoms with E-state index in [1.54, 1.807) is 39.8 Å². The number of anilines is 2. The van der Waals surface area contributed by atoms with Crippen molar-refractivity contribution in [3.63, 3.8) is 0 Å². The number of hydrogen-bond donors (Lipinski definition) is 1. The van der Waals surface area contributed by atoms with Gasteiger partial charge in [-0.05, 0) is 145 Å². The SMILES string of the molecule is CCOC(=O)CN1CCC(CC[C@H](C)Oc2ccc(-c3ccc(N4CCc5cccc(C(=O)Nc6nc7ccccc7s6)c5C4)nc3C(=O)OC(C)(C)C)c(C(F)(F)F)c2)CC1. The van der Waals surface area contributed by atoms with Crippen molar-refractivity contribution in [3.8, 4) is 16.9 Å². The molecule has 4 heterocycles. The lowest BCUT2D eigenvalue weighted by Gasteiger charge is -2.31. The molecular weight excluding hydrogens is 820 g/mol. The second-order valence-electron chi connectivity index (χ2n) is 16.9. The Kier molecular flexibility index (Phi) is 13.5. The van der Waals surface area contributed by atoms with Gasteiger partial charge in [0.25, 0.3) is 5.91 Å². The Morgan fingerprint density at radius 3 is 2.42 bits per heavy atom. The minimum atomic E-state index is -4.79. The van der Waals surface area contributed by atoms with Crippen LogP contribution in [-0.4, -0.2) is 77.2 Å². The van der Waals surface area contributed by atoms with Crippen LogP contribution in [0.1, 0.15) is 97.8 Å². The highest BCUT2D eigenvalue weighted by molar-refractivity contribution is 7.22. The summed E-state index contributed by atoms with van der Waals surface area (Å²) in [5.74, 6) is -0.561. The highest BCUT2D eigenvalue weighted by atomic mass is 32.1. The molecule has 0 bridgehead atoms. The molecule has 0 aliphatic carbocycles. The van der Waals surface area contributed by atoms with Crippen LogP contribution in [0.4, 0.5) is 24.1 Å². The number of carbonyl (C=O) groups is 3. The zero-order valence-electron chi connectivity index (χ0n) is 35.6. The lowest BCUT2D eigenvalue weighted by atomic mass is 9.91. The predicted molar refractivity (Wildman–Crippen MR) is 234 cm³/mol. The Morgan fingerprint density at radius 2 is 1.69 bits per heavy atom. The van der Waals surface area contributed by atoms with E-state index in [2.05, 4.69) is 15.2 Å². The van der Waals surface area contributed by atoms with Gasteiger partial charge in [-0.3, -0.25) is 19.8 Å². The molecule has 3 aromatic carbocycles. The number of carbonyl (C=O) groups excluding carboxylic acids is 3. The molecule has 7 rings (SSSR count). The number of nitrogens with zero attached hydrogens (tertiary/aromatic N) is 4. The Balaban J connectivity index is 1.10. The van der Waals surface area contributed by atoms with Crippen molar-refractivity contribution in [2.24, 2.45) is 5.92 Å². The van der Waals surface area contributed by atoms with Gasteiger partial charge in [0, 0.05) is 24.2 Å². The normalized spacial score (nSPS) is 15.5. The number of halogens is 3. The average Bonchev–Trinajstić information content (AvgIpc) is 3.64. The number of rotatable bonds is 13. The molecule has 1 atom stereocenters. The molecule has 328 valence electrons. The molecule has 0 spiro atoms. The summed E-state index contributed by atoms with van der Waals surface area (Å²) in [6.45, 7) is 11.6. The Morgan fingerprint density at radius 1 is 0.935 bits per heavy atom. The third-order valence-electron chi connectivity index (χ3n) is 11.1. The van der Waals surface area contributed by atoms with Crippen LogP contribution in [0.15, 0.2) is 72.8 Å². The molecule has 1 amide bonds. The van der Waals surface area contributed by atoms with Crippen LogP contribution in [0.5, 0.6) is 5.75 Å². The van der Waals surface area contributed by atoms with Gasteiger partial charge in [0.05, 0.1) is 35.0 Å². The van der Waals surface area contributed by atoms with Crippen molar-refractivity contribution in [1.82, 2.24) is 14.9 Å². The molecule has 2 aliphatic rings. The van der Waals surface area contributed by atoms with Crippen LogP contribution in [0.3, 0.4) is 0 Å². The van der Waals surface area contributed by atoms with E-state index in [4.69, 9.17) is 19.2 Å². The van der Waals surface area contributed by atoms with Crippen LogP contribution < -0.4 is 15.0 Å². The number of para-hydroxylation sites is 1. The zero-order valence-corrected chi connectivity index (χ0v) is 36.5. The summed E-state index contributed by atoms with van der Waals surface area (Å²) >= 11 is 1.38. The number of amides is 1. The number of thiazole rings is 1. The van der Waals surface area contributed by atoms with E-state index in [-0.39, 0.29) is 53.6 Å². The van der Waals surface area contributed by atoms with Crippen molar-refractivity contribution in [2.45, 2.75) is 91.1 Å². The predicted octanol–water partition coefficient (Wildman–Crippen LogP) is 9.97. The van der Waals surface area contributed by atoms with E-state index >= 15 is 0 Å². The lowest BCUT2D eigenvalue weighted by Crippen LogP contribution is -2.38. The van der Waals surface area contributed by atoms with Crippen molar-refractivity contribution in [2.75, 3.05) is 43.0 Å². The fourth-order valence-corrected chi connectivity index (χ4v) is 8.91. The molecule has 1 fully saturated rings. The van der Waals surface area contributed by atoms with Crippen molar-refractivity contribution >= 4 is 50.3 Å². The maximum absolute atomic E-state index is 14.9. The standard InChI is InChI=1S/C47H52F3N5O6S/c1-6-59-41(56)28-54-23-20-30(21-24-54)15-14-29(2)60-32-16-17-33(37(26-32)47(48,49)50)34-18-19-40(52-42(34)44(58)61-46(3,4)5)55-25-22-31-10-9-11-35(36(31)27-55)43(57)53-45-51-38-12-7-8-13-39(38)62-45/h7-13,16-19,26,29-30H,6,14-15,20-25,27-28H2,1-5H3,(H,51,53,57)/t29-/m0/s1. The summed E-state index contributed by atoms with van der Waals surface area (Å²) < 4.78 is 62.6. The molecule has 0 radical (unpaired) electrons. The molecule has 0 saturated carbocycles. The quantitative estimate of drug-likeness (QED) is 0.114. The third-order valence-corrected chi connectivity index (χ3v) is 12.1. The van der Waals surface area contributed by atoms with E-state index in [0.717, 1.165) is 59.8 Å². The third kappa shape index (κ3) is 10.9. The molecule has 11 nitrogen and oxygen atoms in total. The molecule has 0 unspecified atom stereocenters. The molecule has 1 saturated heterocycles. The fraction of sp³-hybridized carbons (Fsp3) is 0.426. The van der Waals surface area contributed by atoms with Gasteiger partial charge < -0.3 is 19.1 Å². The first-order valence-corrected chi connectivity index (χ1v) is 21.9. The van der Waals surface area contributed by atoms with Crippen LogP contribution >= 0.6 is 11.3 Å². The van der Waals surface area contributed by atoms with Gasteiger partial charge in [0.15, 0.2) is 10.8 Å². The van der Waals surface area contributed by atoms with Crippen LogP contribution in [0.2, 0.25) is 0 Å². The number of fused-ring (bicyclic) bond motifs is 2. The summed E-state index contributed by atoms with van der Waals surface area (Å²) in [4.78, 5) is 52.6. The molecule has 15 heteroatoms. The molecule has 2 aromatic heterocycles. The van der Waals surface area contributed by atoms with Crippen molar-refractivity contribution in [1.29, 1.82) is 0 Å². The van der Waals surface area contributed by atoms with E-state index in [1.807, 2.05) is 48.2 Å². The topological polar surface area (TPSA) is 123 Å². The van der Waals surface area contributed by atoms with Gasteiger partial charge >= 0.3 is 18.1 Å². The van der Waals surface area contributed by atoms with Crippen LogP contribution in [0, 0.1) is 5.92 Å². The highest BCUT2D eigenvalue weighted by Crippen LogP contribution is 2.41. The molecule has 2 aliphatic heterocycles. The van der Waals surface area contributed by atoms with Gasteiger partial charge in [0.1, 0.15) is 17.2 Å². The number of alkyl halides is 3. The number of benzene rings is 3. The van der Waals surface area contributed by atoms with Crippen LogP contribution in [-0.2, 0) is 33.4 Å². The summed E-state index contributed by atoms with van der Waals surface area (Å²) in [6.07, 6.45) is -1.25. The minimum Gasteiger partial charge on any atom is -0.491 e. The average molecular weight is 872 g/mol. The maximum atomic E-state index is 14.9. The number of likely N-dealkylation sites (tertiary alicyclic amines) is 1. The van der Waals surface area contributed by atoms with E-state index in [1.165, 1.54) is 29.5 Å². The summed E-state index contributed by atoms with van der Waals surface area (Å²) in [7, 11) is 0. The fourth-order valence-electron chi connectivity index (χ4n) is 8.05. The van der Waals surface area contributed by atoms with Gasteiger partial charge in [-0.15, -0.1) is 0 Å². The van der Waals surface area contributed by atoms with Crippen molar-refractivity contribution in [3.05, 3.63) is 101 Å². The lowest BCUT2D eigenvalue weighted by molar-refractivity contribution is -0.144. The summed E-state index contributed by atoms with van der Waals surface area (Å²) in [5, 5.41) is 3.42. The first kappa shape index (κ1) is 44.5. The number of ether oxygens (including phenoxy) is 3. The Labute approximate surface area is 363 Å². The zero-order chi connectivity index (χ0) is 44.2. The van der Waals surface area contributed by atoms with Gasteiger partial charge in [-0.1, -0.05) is 41.7 Å². The summed E-state index contributed by atoms with van der Waals surface area (Å²) in [5.41, 5.74) is 0.580. The Bertz CT molecular complexity index is 2390. The largest absolute Gasteiger partial charge is 0.491 e. The second kappa shape index (κ2) is 18.8. The van der Waals surface area contributed by atoms with Gasteiger partial charge in [-0.2, -0.15) is 13.2 Å². The first-order chi connectivity index (χ1) is 29.5. The van der Waals surface area contributed by atoms with E-state index in [9.17, 15) is 27.6 Å². The number of nitrogens with one attached hydrogen (secondary N) is 1. The first-order valence-electron chi connectivity index (χ1n) is 21.1. The number of aromatic nitrogens is 2. The minimum absolute atomic E-state index is 0.0301. The Hall–Kier alpha value is -5.54. The number of esters is 2. The molecule has 5 aromatic rings. The number of hydrogen-bond acceptors (Lipinski definition) is 11. The molecule has 62 heavy (non-hydrogen) atoms. The van der Waals surface area contributed by atoms with Crippen molar-refractivity contribution < 1.29 is 41.8 Å². The molecular formula is C47H52F3N5O6S. The maximum Gasteiger partial charge on any atom is 0.417 e. The van der Waals surface area contributed by atoms with Gasteiger partial charge in [-0.25, -0.2) is 14.8 Å². The number of pyridine rings is 1. The second-order valence-corrected chi connectivity index (χ2v) is 17.9. The van der Waals surface area contributed by atoms with Crippen LogP contribution in [0.25, 0.3) is 21.3 Å². The van der Waals surface area contributed by atoms with E-state index < -0.39 is 23.3 Å². The van der Waals surface area contributed by atoms with E-state index in [0.29, 0.717) is 48.4 Å². The summed E-state index contributed by atoms with van der Waals surface area (Å²) in [6, 6.07) is 20.1. The number of piperidine rings is 1.